The van der Waals surface area contributed by atoms with E-state index < -0.39 is 0 Å². The van der Waals surface area contributed by atoms with Gasteiger partial charge in [0, 0.05) is 31.4 Å². The van der Waals surface area contributed by atoms with Crippen LogP contribution >= 0.6 is 11.3 Å². The van der Waals surface area contributed by atoms with Crippen molar-refractivity contribution < 1.29 is 9.21 Å². The maximum Gasteiger partial charge on any atom is 0.217 e. The van der Waals surface area contributed by atoms with Crippen LogP contribution < -0.4 is 5.32 Å². The minimum atomic E-state index is 0.0197. The van der Waals surface area contributed by atoms with E-state index in [1.165, 1.54) is 4.88 Å². The first-order valence-electron chi connectivity index (χ1n) is 7.20. The van der Waals surface area contributed by atoms with Gasteiger partial charge in [-0.25, -0.2) is 0 Å². The summed E-state index contributed by atoms with van der Waals surface area (Å²) in [6.07, 6.45) is 0. The van der Waals surface area contributed by atoms with Gasteiger partial charge in [-0.3, -0.25) is 9.69 Å². The van der Waals surface area contributed by atoms with Crippen molar-refractivity contribution in [2.24, 2.45) is 0 Å². The molecule has 0 bridgehead atoms. The molecule has 0 unspecified atom stereocenters. The fraction of sp³-hybridized carbons (Fsp3) is 0.438. The summed E-state index contributed by atoms with van der Waals surface area (Å²) in [5.41, 5.74) is 0. The molecule has 1 fully saturated rings. The highest BCUT2D eigenvalue weighted by Gasteiger charge is 2.36. The number of amides is 1. The minimum absolute atomic E-state index is 0.0197. The predicted octanol–water partition coefficient (Wildman–Crippen LogP) is 2.75. The van der Waals surface area contributed by atoms with E-state index >= 15 is 0 Å². The summed E-state index contributed by atoms with van der Waals surface area (Å²) in [6, 6.07) is 8.37. The van der Waals surface area contributed by atoms with Crippen molar-refractivity contribution in [3.63, 3.8) is 0 Å². The summed E-state index contributed by atoms with van der Waals surface area (Å²) in [4.78, 5) is 15.2. The predicted molar refractivity (Wildman–Crippen MR) is 83.4 cm³/mol. The molecule has 2 aromatic rings. The zero-order valence-electron chi connectivity index (χ0n) is 12.3. The van der Waals surface area contributed by atoms with Crippen LogP contribution in [0.15, 0.2) is 34.1 Å². The number of aryl methyl sites for hydroxylation is 1. The average Bonchev–Trinajstić information content (AvgIpc) is 3.11. The molecule has 2 atom stereocenters. The van der Waals surface area contributed by atoms with Crippen molar-refractivity contribution in [1.82, 2.24) is 10.2 Å². The first-order chi connectivity index (χ1) is 10.1. The van der Waals surface area contributed by atoms with Gasteiger partial charge in [0.05, 0.1) is 12.0 Å². The van der Waals surface area contributed by atoms with E-state index in [0.717, 1.165) is 31.2 Å². The first-order valence-corrected chi connectivity index (χ1v) is 8.08. The number of hydrogen-bond acceptors (Lipinski definition) is 4. The molecule has 4 nitrogen and oxygen atoms in total. The summed E-state index contributed by atoms with van der Waals surface area (Å²) in [6.45, 7) is 6.24. The Balaban J connectivity index is 1.74. The van der Waals surface area contributed by atoms with Crippen LogP contribution in [-0.2, 0) is 11.3 Å². The molecule has 0 saturated carbocycles. The second-order valence-electron chi connectivity index (χ2n) is 5.64. The molecule has 112 valence electrons. The highest BCUT2D eigenvalue weighted by atomic mass is 32.1. The van der Waals surface area contributed by atoms with Gasteiger partial charge in [0.1, 0.15) is 11.5 Å². The molecular formula is C16H20N2O2S. The van der Waals surface area contributed by atoms with E-state index in [1.54, 1.807) is 18.3 Å². The Morgan fingerprint density at radius 2 is 2.29 bits per heavy atom. The highest BCUT2D eigenvalue weighted by Crippen LogP contribution is 2.30. The first kappa shape index (κ1) is 14.4. The van der Waals surface area contributed by atoms with Gasteiger partial charge in [-0.2, -0.15) is 0 Å². The Kier molecular flexibility index (Phi) is 4.12. The van der Waals surface area contributed by atoms with Crippen molar-refractivity contribution >= 4 is 17.2 Å². The SMILES string of the molecule is CC(=O)N[C@@H]1CN(Cc2cccs2)C[C@H]1c1ccc(C)o1. The van der Waals surface area contributed by atoms with Crippen LogP contribution in [0.25, 0.3) is 0 Å². The maximum atomic E-state index is 11.4. The van der Waals surface area contributed by atoms with E-state index in [2.05, 4.69) is 27.7 Å². The second kappa shape index (κ2) is 6.03. The smallest absolute Gasteiger partial charge is 0.217 e. The van der Waals surface area contributed by atoms with E-state index in [0.29, 0.717) is 0 Å². The van der Waals surface area contributed by atoms with E-state index in [9.17, 15) is 4.79 Å². The van der Waals surface area contributed by atoms with Crippen LogP contribution in [0.1, 0.15) is 29.2 Å². The molecule has 0 spiro atoms. The van der Waals surface area contributed by atoms with Crippen molar-refractivity contribution in [2.45, 2.75) is 32.4 Å². The van der Waals surface area contributed by atoms with Gasteiger partial charge >= 0.3 is 0 Å². The maximum absolute atomic E-state index is 11.4. The van der Waals surface area contributed by atoms with Gasteiger partial charge in [0.25, 0.3) is 0 Å². The average molecular weight is 304 g/mol. The summed E-state index contributed by atoms with van der Waals surface area (Å²) in [5.74, 6) is 2.14. The van der Waals surface area contributed by atoms with Gasteiger partial charge in [-0.05, 0) is 30.5 Å². The lowest BCUT2D eigenvalue weighted by Crippen LogP contribution is -2.38. The second-order valence-corrected chi connectivity index (χ2v) is 6.67. The van der Waals surface area contributed by atoms with Crippen LogP contribution in [-0.4, -0.2) is 29.9 Å². The largest absolute Gasteiger partial charge is 0.466 e. The molecule has 5 heteroatoms. The zero-order valence-corrected chi connectivity index (χ0v) is 13.2. The quantitative estimate of drug-likeness (QED) is 0.944. The lowest BCUT2D eigenvalue weighted by Gasteiger charge is -2.17. The zero-order chi connectivity index (χ0) is 14.8. The van der Waals surface area contributed by atoms with E-state index in [-0.39, 0.29) is 17.9 Å². The third kappa shape index (κ3) is 3.36. The number of nitrogens with zero attached hydrogens (tertiary/aromatic N) is 1. The van der Waals surface area contributed by atoms with Crippen LogP contribution in [0.5, 0.6) is 0 Å². The number of carbonyl (C=O) groups excluding carboxylic acids is 1. The summed E-state index contributed by atoms with van der Waals surface area (Å²) in [7, 11) is 0. The van der Waals surface area contributed by atoms with Crippen molar-refractivity contribution in [1.29, 1.82) is 0 Å². The molecule has 2 aromatic heterocycles. The van der Waals surface area contributed by atoms with Crippen LogP contribution in [0.4, 0.5) is 0 Å². The van der Waals surface area contributed by atoms with Crippen molar-refractivity contribution in [2.75, 3.05) is 13.1 Å². The molecule has 0 aromatic carbocycles. The number of thiophene rings is 1. The van der Waals surface area contributed by atoms with Gasteiger partial charge in [0.2, 0.25) is 5.91 Å². The Bertz CT molecular complexity index is 606. The molecule has 1 aliphatic heterocycles. The van der Waals surface area contributed by atoms with Crippen molar-refractivity contribution in [3.05, 3.63) is 46.0 Å². The number of likely N-dealkylation sites (tertiary alicyclic amines) is 1. The number of nitrogens with one attached hydrogen (secondary N) is 1. The third-order valence-corrected chi connectivity index (χ3v) is 4.73. The Hall–Kier alpha value is -1.59. The molecule has 0 aliphatic carbocycles. The molecule has 1 N–H and O–H groups in total. The van der Waals surface area contributed by atoms with E-state index in [4.69, 9.17) is 4.42 Å². The van der Waals surface area contributed by atoms with Crippen LogP contribution in [0.3, 0.4) is 0 Å². The highest BCUT2D eigenvalue weighted by molar-refractivity contribution is 7.09. The fourth-order valence-corrected chi connectivity index (χ4v) is 3.73. The number of furan rings is 1. The van der Waals surface area contributed by atoms with E-state index in [1.807, 2.05) is 19.1 Å². The summed E-state index contributed by atoms with van der Waals surface area (Å²) in [5, 5.41) is 5.17. The fourth-order valence-electron chi connectivity index (χ4n) is 2.99. The molecule has 21 heavy (non-hydrogen) atoms. The summed E-state index contributed by atoms with van der Waals surface area (Å²) < 4.78 is 5.79. The number of carbonyl (C=O) groups is 1. The molecule has 1 saturated heterocycles. The normalized spacial score (nSPS) is 22.6. The summed E-state index contributed by atoms with van der Waals surface area (Å²) >= 11 is 1.77. The lowest BCUT2D eigenvalue weighted by atomic mass is 10.0. The molecule has 1 aliphatic rings. The van der Waals surface area contributed by atoms with Crippen LogP contribution in [0, 0.1) is 6.92 Å². The van der Waals surface area contributed by atoms with Gasteiger partial charge < -0.3 is 9.73 Å². The topological polar surface area (TPSA) is 45.5 Å². The lowest BCUT2D eigenvalue weighted by molar-refractivity contribution is -0.119. The molecule has 0 radical (unpaired) electrons. The molecule has 3 heterocycles. The molecule has 1 amide bonds. The number of hydrogen-bond donors (Lipinski definition) is 1. The Labute approximate surface area is 128 Å². The Morgan fingerprint density at radius 1 is 1.43 bits per heavy atom. The van der Waals surface area contributed by atoms with Crippen molar-refractivity contribution in [3.8, 4) is 0 Å². The molecular weight excluding hydrogens is 284 g/mol. The third-order valence-electron chi connectivity index (χ3n) is 3.87. The minimum Gasteiger partial charge on any atom is -0.466 e. The Morgan fingerprint density at radius 3 is 2.90 bits per heavy atom. The van der Waals surface area contributed by atoms with Gasteiger partial charge in [0.15, 0.2) is 0 Å². The van der Waals surface area contributed by atoms with Crippen LogP contribution in [0.2, 0.25) is 0 Å². The van der Waals surface area contributed by atoms with Gasteiger partial charge in [-0.1, -0.05) is 6.07 Å². The monoisotopic (exact) mass is 304 g/mol. The molecule has 3 rings (SSSR count). The number of rotatable bonds is 4. The standard InChI is InChI=1S/C16H20N2O2S/c1-11-5-6-16(20-11)14-9-18(8-13-4-3-7-21-13)10-15(14)17-12(2)19/h3-7,14-15H,8-10H2,1-2H3,(H,17,19)/t14-,15-/m1/s1. The van der Waals surface area contributed by atoms with Gasteiger partial charge in [-0.15, -0.1) is 11.3 Å².